The number of rotatable bonds is 3. The fourth-order valence-electron chi connectivity index (χ4n) is 1.62. The summed E-state index contributed by atoms with van der Waals surface area (Å²) in [4.78, 5) is 16.1. The molecule has 0 spiro atoms. The molecule has 1 N–H and O–H groups in total. The van der Waals surface area contributed by atoms with Crippen molar-refractivity contribution < 1.29 is 9.63 Å². The quantitative estimate of drug-likeness (QED) is 0.856. The van der Waals surface area contributed by atoms with E-state index < -0.39 is 0 Å². The molecule has 5 heteroatoms. The van der Waals surface area contributed by atoms with Crippen molar-refractivity contribution >= 4 is 29.4 Å². The van der Waals surface area contributed by atoms with Crippen molar-refractivity contribution in [2.45, 2.75) is 11.0 Å². The second kappa shape index (κ2) is 6.33. The van der Waals surface area contributed by atoms with Crippen LogP contribution in [0.2, 0.25) is 0 Å². The normalized spacial score (nSPS) is 16.8. The van der Waals surface area contributed by atoms with Gasteiger partial charge in [0.05, 0.1) is 11.7 Å². The van der Waals surface area contributed by atoms with Gasteiger partial charge in [0, 0.05) is 5.56 Å². The van der Waals surface area contributed by atoms with Crippen molar-refractivity contribution in [3.63, 3.8) is 0 Å². The first kappa shape index (κ1) is 12.8. The van der Waals surface area contributed by atoms with Gasteiger partial charge in [0.1, 0.15) is 0 Å². The van der Waals surface area contributed by atoms with Crippen molar-refractivity contribution in [3.05, 3.63) is 35.4 Å². The molecule has 0 unspecified atom stereocenters. The van der Waals surface area contributed by atoms with Gasteiger partial charge < -0.3 is 0 Å². The Balaban J connectivity index is 2.04. The van der Waals surface area contributed by atoms with Crippen LogP contribution in [0.3, 0.4) is 0 Å². The predicted octanol–water partition coefficient (Wildman–Crippen LogP) is 2.85. The Labute approximate surface area is 110 Å². The summed E-state index contributed by atoms with van der Waals surface area (Å²) in [6, 6.07) is 7.75. The van der Waals surface area contributed by atoms with Crippen molar-refractivity contribution in [2.24, 2.45) is 0 Å². The van der Waals surface area contributed by atoms with Crippen LogP contribution in [0.1, 0.15) is 26.9 Å². The third-order valence-corrected chi connectivity index (χ3v) is 5.48. The molecule has 1 aliphatic heterocycles. The molecule has 1 heterocycles. The molecule has 0 bridgehead atoms. The second-order valence-electron chi connectivity index (χ2n) is 3.68. The van der Waals surface area contributed by atoms with E-state index in [-0.39, 0.29) is 5.91 Å². The van der Waals surface area contributed by atoms with E-state index in [1.54, 1.807) is 0 Å². The van der Waals surface area contributed by atoms with Gasteiger partial charge in [-0.3, -0.25) is 9.63 Å². The zero-order valence-electron chi connectivity index (χ0n) is 9.64. The van der Waals surface area contributed by atoms with Gasteiger partial charge in [-0.1, -0.05) is 12.1 Å². The van der Waals surface area contributed by atoms with E-state index in [0.717, 1.165) is 0 Å². The lowest BCUT2D eigenvalue weighted by molar-refractivity contribution is 0.0537. The maximum absolute atomic E-state index is 11.5. The summed E-state index contributed by atoms with van der Waals surface area (Å²) in [5, 5.41) is 0. The van der Waals surface area contributed by atoms with E-state index in [2.05, 4.69) is 10.3 Å². The molecule has 1 aromatic rings. The minimum atomic E-state index is -0.206. The molecule has 17 heavy (non-hydrogen) atoms. The number of benzene rings is 1. The number of hydrogen-bond donors (Lipinski definition) is 1. The molecule has 1 fully saturated rings. The van der Waals surface area contributed by atoms with Crippen LogP contribution in [0, 0.1) is 0 Å². The summed E-state index contributed by atoms with van der Waals surface area (Å²) >= 11 is 3.96. The highest BCUT2D eigenvalue weighted by molar-refractivity contribution is 8.16. The second-order valence-corrected chi connectivity index (χ2v) is 6.41. The van der Waals surface area contributed by atoms with Gasteiger partial charge in [-0.15, -0.1) is 23.5 Å². The number of thioether (sulfide) groups is 2. The summed E-state index contributed by atoms with van der Waals surface area (Å²) < 4.78 is 0.517. The van der Waals surface area contributed by atoms with Crippen molar-refractivity contribution in [1.29, 1.82) is 0 Å². The average molecular weight is 269 g/mol. The topological polar surface area (TPSA) is 38.3 Å². The van der Waals surface area contributed by atoms with E-state index in [1.165, 1.54) is 30.6 Å². The van der Waals surface area contributed by atoms with Crippen molar-refractivity contribution in [2.75, 3.05) is 18.6 Å². The van der Waals surface area contributed by atoms with Crippen LogP contribution >= 0.6 is 23.5 Å². The van der Waals surface area contributed by atoms with E-state index >= 15 is 0 Å². The maximum Gasteiger partial charge on any atom is 0.274 e. The Kier molecular flexibility index (Phi) is 4.76. The van der Waals surface area contributed by atoms with Crippen LogP contribution in [-0.2, 0) is 4.84 Å². The first-order chi connectivity index (χ1) is 8.31. The van der Waals surface area contributed by atoms with Gasteiger partial charge in [0.25, 0.3) is 5.91 Å². The Morgan fingerprint density at radius 3 is 2.53 bits per heavy atom. The summed E-state index contributed by atoms with van der Waals surface area (Å²) in [5.74, 6) is 2.25. The highest BCUT2D eigenvalue weighted by atomic mass is 32.2. The summed E-state index contributed by atoms with van der Waals surface area (Å²) in [6.45, 7) is 0. The third-order valence-electron chi connectivity index (χ3n) is 2.47. The van der Waals surface area contributed by atoms with Crippen LogP contribution < -0.4 is 5.48 Å². The fourth-order valence-corrected chi connectivity index (χ4v) is 4.52. The van der Waals surface area contributed by atoms with E-state index in [4.69, 9.17) is 0 Å². The van der Waals surface area contributed by atoms with Crippen LogP contribution in [0.4, 0.5) is 0 Å². The molecular weight excluding hydrogens is 254 g/mol. The SMILES string of the molecule is CONC(=O)c1ccc(C2SCCCS2)cc1. The predicted molar refractivity (Wildman–Crippen MR) is 73.2 cm³/mol. The molecule has 3 nitrogen and oxygen atoms in total. The number of carbonyl (C=O) groups is 1. The molecule has 0 atom stereocenters. The lowest BCUT2D eigenvalue weighted by atomic mass is 10.1. The Morgan fingerprint density at radius 2 is 1.94 bits per heavy atom. The van der Waals surface area contributed by atoms with Crippen molar-refractivity contribution in [1.82, 2.24) is 5.48 Å². The van der Waals surface area contributed by atoms with E-state index in [0.29, 0.717) is 10.1 Å². The summed E-state index contributed by atoms with van der Waals surface area (Å²) in [5.41, 5.74) is 4.22. The van der Waals surface area contributed by atoms with E-state index in [9.17, 15) is 4.79 Å². The highest BCUT2D eigenvalue weighted by Gasteiger charge is 2.16. The number of hydroxylamine groups is 1. The lowest BCUT2D eigenvalue weighted by Gasteiger charge is -2.21. The minimum absolute atomic E-state index is 0.206. The molecule has 0 saturated carbocycles. The molecule has 0 radical (unpaired) electrons. The number of nitrogens with one attached hydrogen (secondary N) is 1. The zero-order valence-corrected chi connectivity index (χ0v) is 11.3. The minimum Gasteiger partial charge on any atom is -0.277 e. The smallest absolute Gasteiger partial charge is 0.274 e. The zero-order chi connectivity index (χ0) is 12.1. The number of carbonyl (C=O) groups excluding carboxylic acids is 1. The Hall–Kier alpha value is -0.650. The molecular formula is C12H15NO2S2. The molecule has 1 aliphatic rings. The van der Waals surface area contributed by atoms with Crippen LogP contribution in [0.5, 0.6) is 0 Å². The fraction of sp³-hybridized carbons (Fsp3) is 0.417. The molecule has 0 aliphatic carbocycles. The van der Waals surface area contributed by atoms with E-state index in [1.807, 2.05) is 47.8 Å². The Morgan fingerprint density at radius 1 is 1.29 bits per heavy atom. The monoisotopic (exact) mass is 269 g/mol. The van der Waals surface area contributed by atoms with Crippen LogP contribution in [-0.4, -0.2) is 24.5 Å². The molecule has 0 aromatic heterocycles. The molecule has 1 aromatic carbocycles. The van der Waals surface area contributed by atoms with Gasteiger partial charge >= 0.3 is 0 Å². The Bertz CT molecular complexity index is 375. The highest BCUT2D eigenvalue weighted by Crippen LogP contribution is 2.43. The molecule has 1 saturated heterocycles. The van der Waals surface area contributed by atoms with Crippen LogP contribution in [0.25, 0.3) is 0 Å². The van der Waals surface area contributed by atoms with Gasteiger partial charge in [0.15, 0.2) is 0 Å². The van der Waals surface area contributed by atoms with Gasteiger partial charge in [-0.2, -0.15) is 0 Å². The number of amides is 1. The standard InChI is InChI=1S/C12H15NO2S2/c1-15-13-11(14)9-3-5-10(6-4-9)12-16-7-2-8-17-12/h3-6,12H,2,7-8H2,1H3,(H,13,14). The first-order valence-electron chi connectivity index (χ1n) is 5.48. The third kappa shape index (κ3) is 3.40. The average Bonchev–Trinajstić information content (AvgIpc) is 2.40. The molecule has 92 valence electrons. The maximum atomic E-state index is 11.5. The first-order valence-corrected chi connectivity index (χ1v) is 7.57. The summed E-state index contributed by atoms with van der Waals surface area (Å²) in [6.07, 6.45) is 1.29. The van der Waals surface area contributed by atoms with Gasteiger partial charge in [-0.25, -0.2) is 5.48 Å². The van der Waals surface area contributed by atoms with Gasteiger partial charge in [0.2, 0.25) is 0 Å². The van der Waals surface area contributed by atoms with Gasteiger partial charge in [-0.05, 0) is 35.6 Å². The lowest BCUT2D eigenvalue weighted by Crippen LogP contribution is -2.21. The molecule has 1 amide bonds. The number of hydrogen-bond acceptors (Lipinski definition) is 4. The van der Waals surface area contributed by atoms with Crippen LogP contribution in [0.15, 0.2) is 24.3 Å². The molecule has 2 rings (SSSR count). The summed E-state index contributed by atoms with van der Waals surface area (Å²) in [7, 11) is 1.43. The van der Waals surface area contributed by atoms with Crippen molar-refractivity contribution in [3.8, 4) is 0 Å². The largest absolute Gasteiger partial charge is 0.277 e.